The van der Waals surface area contributed by atoms with Gasteiger partial charge in [-0.05, 0) is 53.9 Å². The summed E-state index contributed by atoms with van der Waals surface area (Å²) in [5.74, 6) is 0. The zero-order valence-electron chi connectivity index (χ0n) is 8.91. The Morgan fingerprint density at radius 2 is 2.33 bits per heavy atom. The lowest BCUT2D eigenvalue weighted by atomic mass is 10.2. The molecule has 0 saturated heterocycles. The van der Waals surface area contributed by atoms with Gasteiger partial charge in [0.2, 0.25) is 0 Å². The highest BCUT2D eigenvalue weighted by molar-refractivity contribution is 9.10. The first kappa shape index (κ1) is 12.6. The Morgan fingerprint density at radius 1 is 1.53 bits per heavy atom. The van der Waals surface area contributed by atoms with Crippen molar-refractivity contribution >= 4 is 15.9 Å². The second-order valence-electron chi connectivity index (χ2n) is 3.68. The van der Waals surface area contributed by atoms with Gasteiger partial charge >= 0.3 is 0 Å². The quantitative estimate of drug-likeness (QED) is 0.780. The van der Waals surface area contributed by atoms with E-state index in [-0.39, 0.29) is 6.10 Å². The molecule has 1 heterocycles. The lowest BCUT2D eigenvalue weighted by Gasteiger charge is -2.06. The highest BCUT2D eigenvalue weighted by atomic mass is 79.9. The molecule has 3 nitrogen and oxygen atoms in total. The van der Waals surface area contributed by atoms with Crippen LogP contribution < -0.4 is 5.32 Å². The number of rotatable bonds is 6. The van der Waals surface area contributed by atoms with E-state index in [2.05, 4.69) is 32.3 Å². The van der Waals surface area contributed by atoms with Gasteiger partial charge in [0, 0.05) is 23.4 Å². The molecular weight excluding hydrogens is 256 g/mol. The molecule has 0 aliphatic heterocycles. The number of nitrogens with zero attached hydrogens (tertiary/aromatic N) is 1. The molecule has 0 radical (unpaired) electrons. The van der Waals surface area contributed by atoms with Crippen LogP contribution in [0.15, 0.2) is 22.9 Å². The summed E-state index contributed by atoms with van der Waals surface area (Å²) >= 11 is 3.38. The summed E-state index contributed by atoms with van der Waals surface area (Å²) in [6.45, 7) is 3.57. The first-order valence-electron chi connectivity index (χ1n) is 5.16. The molecule has 0 spiro atoms. The Hall–Kier alpha value is -0.450. The van der Waals surface area contributed by atoms with Gasteiger partial charge in [-0.3, -0.25) is 4.98 Å². The van der Waals surface area contributed by atoms with Gasteiger partial charge < -0.3 is 10.4 Å². The fourth-order valence-corrected chi connectivity index (χ4v) is 1.72. The van der Waals surface area contributed by atoms with Gasteiger partial charge in [-0.1, -0.05) is 0 Å². The standard InChI is InChI=1S/C11H17BrN2O/c1-9(15)3-2-4-13-6-10-5-11(12)8-14-7-10/h5,7-9,13,15H,2-4,6H2,1H3. The topological polar surface area (TPSA) is 45.1 Å². The van der Waals surface area contributed by atoms with Crippen molar-refractivity contribution in [3.05, 3.63) is 28.5 Å². The molecule has 0 amide bonds. The van der Waals surface area contributed by atoms with Crippen LogP contribution in [-0.2, 0) is 6.54 Å². The van der Waals surface area contributed by atoms with Crippen molar-refractivity contribution in [1.82, 2.24) is 10.3 Å². The van der Waals surface area contributed by atoms with Crippen molar-refractivity contribution in [2.45, 2.75) is 32.4 Å². The number of aliphatic hydroxyl groups excluding tert-OH is 1. The zero-order valence-corrected chi connectivity index (χ0v) is 10.5. The Balaban J connectivity index is 2.15. The molecule has 4 heteroatoms. The summed E-state index contributed by atoms with van der Waals surface area (Å²) < 4.78 is 1.01. The van der Waals surface area contributed by atoms with Crippen molar-refractivity contribution in [2.75, 3.05) is 6.54 Å². The van der Waals surface area contributed by atoms with Crippen LogP contribution in [0.1, 0.15) is 25.3 Å². The van der Waals surface area contributed by atoms with E-state index in [1.165, 1.54) is 5.56 Å². The van der Waals surface area contributed by atoms with Crippen LogP contribution in [0.4, 0.5) is 0 Å². The predicted octanol–water partition coefficient (Wildman–Crippen LogP) is 2.09. The lowest BCUT2D eigenvalue weighted by molar-refractivity contribution is 0.181. The Morgan fingerprint density at radius 3 is 3.00 bits per heavy atom. The highest BCUT2D eigenvalue weighted by Crippen LogP contribution is 2.09. The van der Waals surface area contributed by atoms with Gasteiger partial charge in [-0.2, -0.15) is 0 Å². The fraction of sp³-hybridized carbons (Fsp3) is 0.545. The first-order chi connectivity index (χ1) is 7.18. The van der Waals surface area contributed by atoms with Crippen LogP contribution in [0.2, 0.25) is 0 Å². The molecule has 0 bridgehead atoms. The predicted molar refractivity (Wildman–Crippen MR) is 64.6 cm³/mol. The Kier molecular flexibility index (Phi) is 5.83. The molecule has 0 aliphatic rings. The minimum atomic E-state index is -0.195. The van der Waals surface area contributed by atoms with Gasteiger partial charge in [0.25, 0.3) is 0 Å². The fourth-order valence-electron chi connectivity index (χ4n) is 1.31. The monoisotopic (exact) mass is 272 g/mol. The Bertz CT molecular complexity index is 292. The Labute approximate surface area is 99.1 Å². The van der Waals surface area contributed by atoms with Crippen LogP contribution in [0.3, 0.4) is 0 Å². The average Bonchev–Trinajstić information content (AvgIpc) is 2.17. The van der Waals surface area contributed by atoms with E-state index in [0.29, 0.717) is 0 Å². The maximum Gasteiger partial charge on any atom is 0.0512 e. The maximum absolute atomic E-state index is 9.06. The molecule has 1 aromatic heterocycles. The molecule has 1 unspecified atom stereocenters. The number of halogens is 1. The van der Waals surface area contributed by atoms with Crippen LogP contribution in [0.25, 0.3) is 0 Å². The normalized spacial score (nSPS) is 12.7. The average molecular weight is 273 g/mol. The minimum absolute atomic E-state index is 0.195. The second kappa shape index (κ2) is 6.93. The molecule has 1 atom stereocenters. The maximum atomic E-state index is 9.06. The van der Waals surface area contributed by atoms with E-state index in [4.69, 9.17) is 5.11 Å². The van der Waals surface area contributed by atoms with E-state index < -0.39 is 0 Å². The molecule has 0 saturated carbocycles. The highest BCUT2D eigenvalue weighted by Gasteiger charge is 1.96. The second-order valence-corrected chi connectivity index (χ2v) is 4.60. The van der Waals surface area contributed by atoms with E-state index in [0.717, 1.165) is 30.4 Å². The van der Waals surface area contributed by atoms with Gasteiger partial charge in [-0.15, -0.1) is 0 Å². The smallest absolute Gasteiger partial charge is 0.0512 e. The third-order valence-electron chi connectivity index (χ3n) is 2.07. The molecule has 84 valence electrons. The summed E-state index contributed by atoms with van der Waals surface area (Å²) in [5, 5.41) is 12.4. The number of aliphatic hydroxyl groups is 1. The number of hydrogen-bond donors (Lipinski definition) is 2. The molecular formula is C11H17BrN2O. The van der Waals surface area contributed by atoms with E-state index >= 15 is 0 Å². The third-order valence-corrected chi connectivity index (χ3v) is 2.50. The molecule has 2 N–H and O–H groups in total. The molecule has 0 fully saturated rings. The summed E-state index contributed by atoms with van der Waals surface area (Å²) in [6, 6.07) is 2.05. The number of pyridine rings is 1. The number of hydrogen-bond acceptors (Lipinski definition) is 3. The van der Waals surface area contributed by atoms with Crippen molar-refractivity contribution in [3.8, 4) is 0 Å². The van der Waals surface area contributed by atoms with Crippen molar-refractivity contribution < 1.29 is 5.11 Å². The molecule has 1 aromatic rings. The summed E-state index contributed by atoms with van der Waals surface area (Å²) in [5.41, 5.74) is 1.17. The van der Waals surface area contributed by atoms with E-state index in [1.807, 2.05) is 13.1 Å². The minimum Gasteiger partial charge on any atom is -0.393 e. The van der Waals surface area contributed by atoms with Gasteiger partial charge in [0.1, 0.15) is 0 Å². The van der Waals surface area contributed by atoms with Crippen LogP contribution in [-0.4, -0.2) is 22.7 Å². The summed E-state index contributed by atoms with van der Waals surface area (Å²) in [4.78, 5) is 4.08. The molecule has 0 aliphatic carbocycles. The summed E-state index contributed by atoms with van der Waals surface area (Å²) in [7, 11) is 0. The first-order valence-corrected chi connectivity index (χ1v) is 5.96. The summed E-state index contributed by atoms with van der Waals surface area (Å²) in [6.07, 6.45) is 5.28. The largest absolute Gasteiger partial charge is 0.393 e. The van der Waals surface area contributed by atoms with E-state index in [1.54, 1.807) is 6.20 Å². The van der Waals surface area contributed by atoms with Crippen molar-refractivity contribution in [2.24, 2.45) is 0 Å². The third kappa shape index (κ3) is 5.87. The van der Waals surface area contributed by atoms with Crippen molar-refractivity contribution in [3.63, 3.8) is 0 Å². The van der Waals surface area contributed by atoms with Crippen molar-refractivity contribution in [1.29, 1.82) is 0 Å². The SMILES string of the molecule is CC(O)CCCNCc1cncc(Br)c1. The zero-order chi connectivity index (χ0) is 11.1. The number of nitrogens with one attached hydrogen (secondary N) is 1. The van der Waals surface area contributed by atoms with Gasteiger partial charge in [-0.25, -0.2) is 0 Å². The lowest BCUT2D eigenvalue weighted by Crippen LogP contribution is -2.16. The number of aromatic nitrogens is 1. The van der Waals surface area contributed by atoms with E-state index in [9.17, 15) is 0 Å². The molecule has 1 rings (SSSR count). The van der Waals surface area contributed by atoms with Crippen LogP contribution >= 0.6 is 15.9 Å². The van der Waals surface area contributed by atoms with Crippen LogP contribution in [0.5, 0.6) is 0 Å². The van der Waals surface area contributed by atoms with Crippen LogP contribution in [0, 0.1) is 0 Å². The van der Waals surface area contributed by atoms with Gasteiger partial charge in [0.15, 0.2) is 0 Å². The molecule has 0 aromatic carbocycles. The van der Waals surface area contributed by atoms with Gasteiger partial charge in [0.05, 0.1) is 6.10 Å². The molecule has 15 heavy (non-hydrogen) atoms.